The Balaban J connectivity index is 1.33. The summed E-state index contributed by atoms with van der Waals surface area (Å²) < 4.78 is 31.0. The zero-order chi connectivity index (χ0) is 23.5. The largest absolute Gasteiger partial charge is 0.491 e. The van der Waals surface area contributed by atoms with Crippen LogP contribution >= 0.6 is 11.6 Å². The maximum absolute atomic E-state index is 14.5. The molecule has 1 N–H and O–H groups in total. The normalized spacial score (nSPS) is 17.5. The molecule has 0 bridgehead atoms. The summed E-state index contributed by atoms with van der Waals surface area (Å²) in [4.78, 5) is 35.6. The van der Waals surface area contributed by atoms with Gasteiger partial charge in [-0.25, -0.2) is 4.39 Å². The average Bonchev–Trinajstić information content (AvgIpc) is 2.74. The predicted octanol–water partition coefficient (Wildman–Crippen LogP) is 4.27. The minimum Gasteiger partial charge on any atom is -0.491 e. The first-order chi connectivity index (χ1) is 15.8. The highest BCUT2D eigenvalue weighted by Crippen LogP contribution is 2.30. The summed E-state index contributed by atoms with van der Waals surface area (Å²) in [7, 11) is 0. The first-order valence-electron chi connectivity index (χ1n) is 10.3. The number of ketones is 1. The molecule has 3 aromatic rings. The third-order valence-electron chi connectivity index (χ3n) is 5.51. The van der Waals surface area contributed by atoms with Gasteiger partial charge in [-0.1, -0.05) is 23.7 Å². The van der Waals surface area contributed by atoms with Gasteiger partial charge in [0.25, 0.3) is 0 Å². The van der Waals surface area contributed by atoms with E-state index in [9.17, 15) is 18.8 Å². The lowest BCUT2D eigenvalue weighted by atomic mass is 9.82. The maximum atomic E-state index is 14.5. The molecule has 1 aromatic heterocycles. The fraction of sp³-hybridized carbons (Fsp3) is 0.292. The van der Waals surface area contributed by atoms with E-state index in [1.54, 1.807) is 18.2 Å². The number of Topliss-reactive ketones (excluding diaryl/α,β-unsaturated/α-hetero) is 1. The van der Waals surface area contributed by atoms with Gasteiger partial charge >= 0.3 is 5.97 Å². The second-order valence-corrected chi connectivity index (χ2v) is 8.20. The molecular formula is C24H20ClFO7. The van der Waals surface area contributed by atoms with Crippen LogP contribution in [0.25, 0.3) is 11.0 Å². The van der Waals surface area contributed by atoms with Gasteiger partial charge in [0.1, 0.15) is 18.2 Å². The Kier molecular flexibility index (Phi) is 6.76. The molecule has 9 heteroatoms. The topological polar surface area (TPSA) is 103 Å². The van der Waals surface area contributed by atoms with Gasteiger partial charge in [-0.05, 0) is 36.6 Å². The third kappa shape index (κ3) is 5.23. The Morgan fingerprint density at radius 2 is 1.94 bits per heavy atom. The van der Waals surface area contributed by atoms with E-state index in [0.29, 0.717) is 12.8 Å². The Bertz CT molecular complexity index is 1260. The van der Waals surface area contributed by atoms with Crippen LogP contribution in [0.2, 0.25) is 5.02 Å². The van der Waals surface area contributed by atoms with Gasteiger partial charge in [-0.3, -0.25) is 14.4 Å². The number of hydrogen-bond acceptors (Lipinski definition) is 6. The van der Waals surface area contributed by atoms with Gasteiger partial charge < -0.3 is 19.0 Å². The highest BCUT2D eigenvalue weighted by atomic mass is 35.5. The summed E-state index contributed by atoms with van der Waals surface area (Å²) in [5.74, 6) is -2.28. The van der Waals surface area contributed by atoms with Crippen LogP contribution in [0.1, 0.15) is 29.0 Å². The van der Waals surface area contributed by atoms with Gasteiger partial charge in [0, 0.05) is 18.6 Å². The number of hydrogen-bond donors (Lipinski definition) is 1. The molecule has 7 nitrogen and oxygen atoms in total. The molecule has 0 radical (unpaired) electrons. The van der Waals surface area contributed by atoms with Crippen LogP contribution in [0.5, 0.6) is 5.75 Å². The summed E-state index contributed by atoms with van der Waals surface area (Å²) in [5.41, 5.74) is -0.171. The van der Waals surface area contributed by atoms with E-state index in [1.165, 1.54) is 18.2 Å². The van der Waals surface area contributed by atoms with Gasteiger partial charge in [0.05, 0.1) is 29.0 Å². The van der Waals surface area contributed by atoms with Crippen LogP contribution in [0.15, 0.2) is 51.7 Å². The Morgan fingerprint density at radius 3 is 2.67 bits per heavy atom. The summed E-state index contributed by atoms with van der Waals surface area (Å²) in [6, 6.07) is 9.91. The number of ether oxygens (including phenoxy) is 2. The van der Waals surface area contributed by atoms with Crippen molar-refractivity contribution in [1.82, 2.24) is 0 Å². The van der Waals surface area contributed by atoms with Crippen LogP contribution < -0.4 is 10.2 Å². The quantitative estimate of drug-likeness (QED) is 0.365. The van der Waals surface area contributed by atoms with Crippen LogP contribution in [-0.2, 0) is 16.0 Å². The molecule has 1 aliphatic rings. The summed E-state index contributed by atoms with van der Waals surface area (Å²) in [5, 5.41) is 9.31. The molecular weight excluding hydrogens is 455 g/mol. The fourth-order valence-corrected chi connectivity index (χ4v) is 3.79. The molecule has 0 unspecified atom stereocenters. The van der Waals surface area contributed by atoms with E-state index < -0.39 is 23.0 Å². The number of fused-ring (bicyclic) bond motifs is 1. The van der Waals surface area contributed by atoms with Crippen molar-refractivity contribution in [3.63, 3.8) is 0 Å². The number of carboxylic acids is 1. The third-order valence-corrected chi connectivity index (χ3v) is 5.80. The molecule has 0 saturated heterocycles. The van der Waals surface area contributed by atoms with Crippen molar-refractivity contribution in [3.8, 4) is 5.75 Å². The smallest absolute Gasteiger partial charge is 0.306 e. The molecule has 1 heterocycles. The minimum atomic E-state index is -0.813. The standard InChI is InChI=1S/C24H20ClFO7/c25-18-3-1-2-17-20(27)12-22(33-23(17)18)21(28)10-13-4-5-15(11-19(13)26)31-6-7-32-16-8-14(9-16)24(29)30/h1-5,11-12,14,16H,6-10H2,(H,29,30). The molecule has 0 amide bonds. The summed E-state index contributed by atoms with van der Waals surface area (Å²) in [6.45, 7) is 0.428. The zero-order valence-corrected chi connectivity index (χ0v) is 18.1. The molecule has 4 rings (SSSR count). The SMILES string of the molecule is O=C(Cc1ccc(OCCOC2CC(C(=O)O)C2)cc1F)c1cc(=O)c2cccc(Cl)c2o1. The van der Waals surface area contributed by atoms with E-state index in [1.807, 2.05) is 0 Å². The number of benzene rings is 2. The Labute approximate surface area is 192 Å². The Hall–Kier alpha value is -3.23. The first kappa shape index (κ1) is 22.9. The molecule has 1 fully saturated rings. The van der Waals surface area contributed by atoms with E-state index in [-0.39, 0.29) is 64.7 Å². The summed E-state index contributed by atoms with van der Waals surface area (Å²) >= 11 is 6.06. The summed E-state index contributed by atoms with van der Waals surface area (Å²) in [6.07, 6.45) is 0.567. The van der Waals surface area contributed by atoms with E-state index >= 15 is 0 Å². The molecule has 1 saturated carbocycles. The van der Waals surface area contributed by atoms with Crippen molar-refractivity contribution >= 4 is 34.3 Å². The van der Waals surface area contributed by atoms with Crippen molar-refractivity contribution in [2.45, 2.75) is 25.4 Å². The molecule has 2 aromatic carbocycles. The average molecular weight is 475 g/mol. The van der Waals surface area contributed by atoms with Crippen LogP contribution in [-0.4, -0.2) is 36.2 Å². The van der Waals surface area contributed by atoms with Crippen molar-refractivity contribution in [2.24, 2.45) is 5.92 Å². The molecule has 0 atom stereocenters. The zero-order valence-electron chi connectivity index (χ0n) is 17.4. The number of carbonyl (C=O) groups excluding carboxylic acids is 1. The molecule has 0 spiro atoms. The number of carboxylic acid groups (broad SMARTS) is 1. The van der Waals surface area contributed by atoms with Crippen molar-refractivity contribution in [3.05, 3.63) is 74.9 Å². The number of carbonyl (C=O) groups is 2. The van der Waals surface area contributed by atoms with Gasteiger partial charge in [0.2, 0.25) is 5.78 Å². The molecule has 0 aliphatic heterocycles. The minimum absolute atomic E-state index is 0.0927. The van der Waals surface area contributed by atoms with E-state index in [0.717, 1.165) is 6.07 Å². The van der Waals surface area contributed by atoms with Crippen molar-refractivity contribution < 1.29 is 33.0 Å². The van der Waals surface area contributed by atoms with Crippen LogP contribution in [0.3, 0.4) is 0 Å². The molecule has 1 aliphatic carbocycles. The lowest BCUT2D eigenvalue weighted by Gasteiger charge is -2.31. The Morgan fingerprint density at radius 1 is 1.15 bits per heavy atom. The van der Waals surface area contributed by atoms with Gasteiger partial charge in [-0.2, -0.15) is 0 Å². The highest BCUT2D eigenvalue weighted by Gasteiger charge is 2.34. The van der Waals surface area contributed by atoms with Gasteiger partial charge in [0.15, 0.2) is 16.8 Å². The highest BCUT2D eigenvalue weighted by molar-refractivity contribution is 6.34. The maximum Gasteiger partial charge on any atom is 0.306 e. The van der Waals surface area contributed by atoms with Gasteiger partial charge in [-0.15, -0.1) is 0 Å². The predicted molar refractivity (Wildman–Crippen MR) is 118 cm³/mol. The lowest BCUT2D eigenvalue weighted by molar-refractivity contribution is -0.151. The lowest BCUT2D eigenvalue weighted by Crippen LogP contribution is -2.36. The number of aliphatic carboxylic acids is 1. The van der Waals surface area contributed by atoms with E-state index in [4.69, 9.17) is 30.6 Å². The monoisotopic (exact) mass is 474 g/mol. The van der Waals surface area contributed by atoms with Crippen LogP contribution in [0.4, 0.5) is 4.39 Å². The molecule has 33 heavy (non-hydrogen) atoms. The number of halogens is 2. The number of para-hydroxylation sites is 1. The van der Waals surface area contributed by atoms with Crippen LogP contribution in [0, 0.1) is 11.7 Å². The number of rotatable bonds is 9. The molecule has 172 valence electrons. The second-order valence-electron chi connectivity index (χ2n) is 7.79. The fourth-order valence-electron chi connectivity index (χ4n) is 3.58. The first-order valence-corrected chi connectivity index (χ1v) is 10.7. The van der Waals surface area contributed by atoms with Crippen molar-refractivity contribution in [2.75, 3.05) is 13.2 Å². The van der Waals surface area contributed by atoms with E-state index in [2.05, 4.69) is 0 Å². The van der Waals surface area contributed by atoms with Crippen molar-refractivity contribution in [1.29, 1.82) is 0 Å². The second kappa shape index (κ2) is 9.72.